The van der Waals surface area contributed by atoms with Crippen LogP contribution in [0.3, 0.4) is 0 Å². The third-order valence-electron chi connectivity index (χ3n) is 1.87. The number of hydrogen-bond donors (Lipinski definition) is 0. The van der Waals surface area contributed by atoms with Crippen molar-refractivity contribution in [2.24, 2.45) is 0 Å². The Morgan fingerprint density at radius 1 is 1.17 bits per heavy atom. The molecule has 0 fully saturated rings. The van der Waals surface area contributed by atoms with E-state index in [2.05, 4.69) is 50.1 Å². The predicted octanol–water partition coefficient (Wildman–Crippen LogP) is 3.37. The molecule has 0 N–H and O–H groups in total. The largest absolute Gasteiger partial charge is 0.359 e. The molecule has 0 radical (unpaired) electrons. The SMILES string of the molecule is CC(C)N(c1cccs1)C(C)C. The number of rotatable bonds is 3. The lowest BCUT2D eigenvalue weighted by molar-refractivity contribution is 0.613. The summed E-state index contributed by atoms with van der Waals surface area (Å²) in [6.07, 6.45) is 0. The van der Waals surface area contributed by atoms with Crippen LogP contribution in [0.2, 0.25) is 0 Å². The van der Waals surface area contributed by atoms with Gasteiger partial charge in [0.15, 0.2) is 0 Å². The highest BCUT2D eigenvalue weighted by Crippen LogP contribution is 2.25. The van der Waals surface area contributed by atoms with Crippen molar-refractivity contribution >= 4 is 16.3 Å². The van der Waals surface area contributed by atoms with Gasteiger partial charge in [-0.2, -0.15) is 0 Å². The van der Waals surface area contributed by atoms with Crippen LogP contribution >= 0.6 is 11.3 Å². The van der Waals surface area contributed by atoms with Crippen molar-refractivity contribution in [2.45, 2.75) is 39.8 Å². The van der Waals surface area contributed by atoms with Gasteiger partial charge in [-0.15, -0.1) is 11.3 Å². The molecule has 0 atom stereocenters. The molecule has 2 heteroatoms. The van der Waals surface area contributed by atoms with Crippen molar-refractivity contribution in [1.82, 2.24) is 0 Å². The summed E-state index contributed by atoms with van der Waals surface area (Å²) in [6.45, 7) is 8.94. The van der Waals surface area contributed by atoms with E-state index in [0.29, 0.717) is 12.1 Å². The molecular formula is C10H17NS. The second kappa shape index (κ2) is 3.94. The molecule has 0 unspecified atom stereocenters. The molecule has 0 aromatic carbocycles. The summed E-state index contributed by atoms with van der Waals surface area (Å²) in [5.41, 5.74) is 0. The third-order valence-corrected chi connectivity index (χ3v) is 2.75. The maximum atomic E-state index is 2.44. The van der Waals surface area contributed by atoms with Gasteiger partial charge in [0.2, 0.25) is 0 Å². The molecule has 0 amide bonds. The van der Waals surface area contributed by atoms with Crippen molar-refractivity contribution < 1.29 is 0 Å². The summed E-state index contributed by atoms with van der Waals surface area (Å²) in [7, 11) is 0. The Morgan fingerprint density at radius 3 is 2.08 bits per heavy atom. The maximum absolute atomic E-state index is 2.44. The third kappa shape index (κ3) is 2.01. The first-order chi connectivity index (χ1) is 5.63. The molecule has 0 spiro atoms. The predicted molar refractivity (Wildman–Crippen MR) is 57.1 cm³/mol. The summed E-state index contributed by atoms with van der Waals surface area (Å²) in [6, 6.07) is 5.47. The molecule has 1 rings (SSSR count). The summed E-state index contributed by atoms with van der Waals surface area (Å²) in [4.78, 5) is 2.44. The van der Waals surface area contributed by atoms with Gasteiger partial charge in [0, 0.05) is 12.1 Å². The lowest BCUT2D eigenvalue weighted by atomic mass is 10.2. The van der Waals surface area contributed by atoms with E-state index in [1.165, 1.54) is 5.00 Å². The first-order valence-electron chi connectivity index (χ1n) is 4.44. The fraction of sp³-hybridized carbons (Fsp3) is 0.600. The van der Waals surface area contributed by atoms with Crippen molar-refractivity contribution in [3.63, 3.8) is 0 Å². The minimum absolute atomic E-state index is 0.587. The molecule has 68 valence electrons. The molecule has 0 aliphatic carbocycles. The second-order valence-corrected chi connectivity index (χ2v) is 4.47. The van der Waals surface area contributed by atoms with Crippen LogP contribution in [-0.4, -0.2) is 12.1 Å². The Morgan fingerprint density at radius 2 is 1.75 bits per heavy atom. The molecule has 0 saturated carbocycles. The first kappa shape index (κ1) is 9.59. The normalized spacial score (nSPS) is 11.2. The zero-order valence-corrected chi connectivity index (χ0v) is 9.06. The van der Waals surface area contributed by atoms with E-state index in [9.17, 15) is 0 Å². The molecular weight excluding hydrogens is 166 g/mol. The van der Waals surface area contributed by atoms with Gasteiger partial charge in [-0.3, -0.25) is 0 Å². The average Bonchev–Trinajstić information content (AvgIpc) is 2.37. The Kier molecular flexibility index (Phi) is 3.15. The van der Waals surface area contributed by atoms with Gasteiger partial charge in [-0.05, 0) is 45.2 Å². The zero-order chi connectivity index (χ0) is 9.14. The standard InChI is InChI=1S/C10H17NS/c1-8(2)11(9(3)4)10-6-5-7-12-10/h5-9H,1-4H3. The minimum Gasteiger partial charge on any atom is -0.359 e. The van der Waals surface area contributed by atoms with Crippen LogP contribution in [0.25, 0.3) is 0 Å². The smallest absolute Gasteiger partial charge is 0.0913 e. The van der Waals surface area contributed by atoms with E-state index in [0.717, 1.165) is 0 Å². The Bertz CT molecular complexity index is 206. The Labute approximate surface area is 79.0 Å². The molecule has 0 aliphatic rings. The molecule has 0 bridgehead atoms. The number of hydrogen-bond acceptors (Lipinski definition) is 2. The van der Waals surface area contributed by atoms with Crippen LogP contribution in [0.4, 0.5) is 5.00 Å². The molecule has 1 aromatic heterocycles. The highest BCUT2D eigenvalue weighted by Gasteiger charge is 2.13. The number of thiophene rings is 1. The molecule has 0 aliphatic heterocycles. The average molecular weight is 183 g/mol. The minimum atomic E-state index is 0.587. The molecule has 1 aromatic rings. The van der Waals surface area contributed by atoms with Crippen LogP contribution in [0.5, 0.6) is 0 Å². The van der Waals surface area contributed by atoms with Crippen LogP contribution in [0.15, 0.2) is 17.5 Å². The molecule has 1 heterocycles. The van der Waals surface area contributed by atoms with Crippen molar-refractivity contribution in [3.05, 3.63) is 17.5 Å². The topological polar surface area (TPSA) is 3.24 Å². The Balaban J connectivity index is 2.81. The lowest BCUT2D eigenvalue weighted by Gasteiger charge is -2.31. The molecule has 0 saturated heterocycles. The zero-order valence-electron chi connectivity index (χ0n) is 8.24. The Hall–Kier alpha value is -0.500. The second-order valence-electron chi connectivity index (χ2n) is 3.55. The maximum Gasteiger partial charge on any atom is 0.0913 e. The number of nitrogens with zero attached hydrogens (tertiary/aromatic N) is 1. The van der Waals surface area contributed by atoms with Gasteiger partial charge in [0.1, 0.15) is 0 Å². The van der Waals surface area contributed by atoms with Gasteiger partial charge >= 0.3 is 0 Å². The first-order valence-corrected chi connectivity index (χ1v) is 5.32. The van der Waals surface area contributed by atoms with Crippen molar-refractivity contribution in [3.8, 4) is 0 Å². The highest BCUT2D eigenvalue weighted by atomic mass is 32.1. The van der Waals surface area contributed by atoms with Crippen molar-refractivity contribution in [1.29, 1.82) is 0 Å². The highest BCUT2D eigenvalue weighted by molar-refractivity contribution is 7.14. The van der Waals surface area contributed by atoms with Gasteiger partial charge in [0.25, 0.3) is 0 Å². The van der Waals surface area contributed by atoms with Crippen LogP contribution in [0.1, 0.15) is 27.7 Å². The van der Waals surface area contributed by atoms with Crippen LogP contribution < -0.4 is 4.90 Å². The van der Waals surface area contributed by atoms with E-state index >= 15 is 0 Å². The van der Waals surface area contributed by atoms with Gasteiger partial charge < -0.3 is 4.90 Å². The molecule has 12 heavy (non-hydrogen) atoms. The van der Waals surface area contributed by atoms with E-state index in [1.54, 1.807) is 0 Å². The van der Waals surface area contributed by atoms with E-state index < -0.39 is 0 Å². The van der Waals surface area contributed by atoms with Crippen molar-refractivity contribution in [2.75, 3.05) is 4.90 Å². The summed E-state index contributed by atoms with van der Waals surface area (Å²) < 4.78 is 0. The van der Waals surface area contributed by atoms with Gasteiger partial charge in [0.05, 0.1) is 5.00 Å². The van der Waals surface area contributed by atoms with Crippen LogP contribution in [0, 0.1) is 0 Å². The summed E-state index contributed by atoms with van der Waals surface area (Å²) >= 11 is 1.81. The fourth-order valence-corrected chi connectivity index (χ4v) is 2.52. The lowest BCUT2D eigenvalue weighted by Crippen LogP contribution is -2.36. The van der Waals surface area contributed by atoms with Crippen LogP contribution in [-0.2, 0) is 0 Å². The molecule has 1 nitrogen and oxygen atoms in total. The quantitative estimate of drug-likeness (QED) is 0.694. The van der Waals surface area contributed by atoms with Gasteiger partial charge in [-0.1, -0.05) is 0 Å². The van der Waals surface area contributed by atoms with Gasteiger partial charge in [-0.25, -0.2) is 0 Å². The van der Waals surface area contributed by atoms with E-state index in [1.807, 2.05) is 11.3 Å². The number of anilines is 1. The summed E-state index contributed by atoms with van der Waals surface area (Å²) in [5.74, 6) is 0. The van der Waals surface area contributed by atoms with E-state index in [4.69, 9.17) is 0 Å². The van der Waals surface area contributed by atoms with E-state index in [-0.39, 0.29) is 0 Å². The summed E-state index contributed by atoms with van der Waals surface area (Å²) in [5, 5.41) is 3.51. The fourth-order valence-electron chi connectivity index (χ4n) is 1.52. The monoisotopic (exact) mass is 183 g/mol.